The standard InChI is InChI=1S/C18H17FN2O/c1-3-21(18(22)15-6-4-5-13(2)9-15)12-16-8-7-14(11-20)10-17(16)19/h4-10H,3,12H2,1-2H3. The van der Waals surface area contributed by atoms with Crippen molar-refractivity contribution in [2.24, 2.45) is 0 Å². The molecule has 0 spiro atoms. The maximum absolute atomic E-state index is 14.0. The number of carbonyl (C=O) groups is 1. The summed E-state index contributed by atoms with van der Waals surface area (Å²) in [4.78, 5) is 14.1. The summed E-state index contributed by atoms with van der Waals surface area (Å²) in [5.41, 5.74) is 2.28. The summed E-state index contributed by atoms with van der Waals surface area (Å²) in [7, 11) is 0. The Labute approximate surface area is 129 Å². The van der Waals surface area contributed by atoms with E-state index in [9.17, 15) is 9.18 Å². The van der Waals surface area contributed by atoms with Crippen LogP contribution in [0.5, 0.6) is 0 Å². The molecule has 3 nitrogen and oxygen atoms in total. The number of aryl methyl sites for hydroxylation is 1. The van der Waals surface area contributed by atoms with E-state index in [0.29, 0.717) is 17.7 Å². The fourth-order valence-electron chi connectivity index (χ4n) is 2.24. The van der Waals surface area contributed by atoms with Crippen molar-refractivity contribution < 1.29 is 9.18 Å². The molecular weight excluding hydrogens is 279 g/mol. The summed E-state index contributed by atoms with van der Waals surface area (Å²) in [5, 5.41) is 8.76. The molecule has 0 heterocycles. The first-order chi connectivity index (χ1) is 10.5. The largest absolute Gasteiger partial charge is 0.334 e. The van der Waals surface area contributed by atoms with Crippen LogP contribution in [0.15, 0.2) is 42.5 Å². The van der Waals surface area contributed by atoms with Gasteiger partial charge in [-0.2, -0.15) is 5.26 Å². The summed E-state index contributed by atoms with van der Waals surface area (Å²) >= 11 is 0. The zero-order valence-corrected chi connectivity index (χ0v) is 12.6. The molecule has 0 aliphatic carbocycles. The van der Waals surface area contributed by atoms with Gasteiger partial charge in [0, 0.05) is 24.2 Å². The second-order valence-electron chi connectivity index (χ2n) is 5.11. The summed E-state index contributed by atoms with van der Waals surface area (Å²) in [6.45, 7) is 4.44. The number of hydrogen-bond donors (Lipinski definition) is 0. The highest BCUT2D eigenvalue weighted by Gasteiger charge is 2.16. The van der Waals surface area contributed by atoms with Gasteiger partial charge in [-0.3, -0.25) is 4.79 Å². The van der Waals surface area contributed by atoms with Gasteiger partial charge in [0.1, 0.15) is 5.82 Å². The fraction of sp³-hybridized carbons (Fsp3) is 0.222. The highest BCUT2D eigenvalue weighted by molar-refractivity contribution is 5.94. The highest BCUT2D eigenvalue weighted by Crippen LogP contribution is 2.15. The Hall–Kier alpha value is -2.67. The molecule has 112 valence electrons. The Morgan fingerprint density at radius 3 is 2.64 bits per heavy atom. The van der Waals surface area contributed by atoms with E-state index in [4.69, 9.17) is 5.26 Å². The topological polar surface area (TPSA) is 44.1 Å². The van der Waals surface area contributed by atoms with Crippen LogP contribution in [0.3, 0.4) is 0 Å². The minimum absolute atomic E-state index is 0.130. The predicted molar refractivity (Wildman–Crippen MR) is 82.7 cm³/mol. The van der Waals surface area contributed by atoms with Gasteiger partial charge in [0.15, 0.2) is 0 Å². The van der Waals surface area contributed by atoms with Crippen LogP contribution < -0.4 is 0 Å². The lowest BCUT2D eigenvalue weighted by atomic mass is 10.1. The SMILES string of the molecule is CCN(Cc1ccc(C#N)cc1F)C(=O)c1cccc(C)c1. The molecule has 4 heteroatoms. The van der Waals surface area contributed by atoms with Gasteiger partial charge in [-0.1, -0.05) is 23.8 Å². The molecule has 0 atom stereocenters. The Morgan fingerprint density at radius 2 is 2.05 bits per heavy atom. The van der Waals surface area contributed by atoms with Crippen LogP contribution in [0.25, 0.3) is 0 Å². The molecule has 0 saturated heterocycles. The van der Waals surface area contributed by atoms with Crippen LogP contribution in [-0.2, 0) is 6.54 Å². The quantitative estimate of drug-likeness (QED) is 0.864. The Balaban J connectivity index is 2.22. The monoisotopic (exact) mass is 296 g/mol. The first kappa shape index (κ1) is 15.7. The minimum atomic E-state index is -0.463. The molecule has 0 aliphatic heterocycles. The van der Waals surface area contributed by atoms with Crippen molar-refractivity contribution >= 4 is 5.91 Å². The number of nitrogens with zero attached hydrogens (tertiary/aromatic N) is 2. The molecule has 0 radical (unpaired) electrons. The van der Waals surface area contributed by atoms with E-state index >= 15 is 0 Å². The van der Waals surface area contributed by atoms with Crippen molar-refractivity contribution in [2.45, 2.75) is 20.4 Å². The van der Waals surface area contributed by atoms with E-state index in [0.717, 1.165) is 5.56 Å². The van der Waals surface area contributed by atoms with Gasteiger partial charge in [0.05, 0.1) is 11.6 Å². The second kappa shape index (κ2) is 6.86. The van der Waals surface area contributed by atoms with Crippen molar-refractivity contribution in [3.05, 3.63) is 70.5 Å². The molecule has 0 aromatic heterocycles. The Kier molecular flexibility index (Phi) is 4.90. The molecule has 0 aliphatic rings. The third kappa shape index (κ3) is 3.50. The van der Waals surface area contributed by atoms with Crippen molar-refractivity contribution in [3.8, 4) is 6.07 Å². The molecule has 2 rings (SSSR count). The smallest absolute Gasteiger partial charge is 0.254 e. The van der Waals surface area contributed by atoms with Gasteiger partial charge in [0.25, 0.3) is 5.91 Å². The lowest BCUT2D eigenvalue weighted by molar-refractivity contribution is 0.0751. The zero-order chi connectivity index (χ0) is 16.1. The van der Waals surface area contributed by atoms with Crippen LogP contribution in [0.4, 0.5) is 4.39 Å². The predicted octanol–water partition coefficient (Wildman–Crippen LogP) is 3.67. The summed E-state index contributed by atoms with van der Waals surface area (Å²) in [6.07, 6.45) is 0. The number of nitriles is 1. The average molecular weight is 296 g/mol. The number of rotatable bonds is 4. The molecule has 2 aromatic rings. The van der Waals surface area contributed by atoms with Crippen LogP contribution in [0, 0.1) is 24.1 Å². The molecule has 1 amide bonds. The Bertz CT molecular complexity index is 734. The van der Waals surface area contributed by atoms with Gasteiger partial charge in [0.2, 0.25) is 0 Å². The Morgan fingerprint density at radius 1 is 1.27 bits per heavy atom. The number of hydrogen-bond acceptors (Lipinski definition) is 2. The van der Waals surface area contributed by atoms with E-state index in [1.54, 1.807) is 23.1 Å². The van der Waals surface area contributed by atoms with Crippen molar-refractivity contribution in [3.63, 3.8) is 0 Å². The van der Waals surface area contributed by atoms with Crippen LogP contribution in [0.1, 0.15) is 34.0 Å². The zero-order valence-electron chi connectivity index (χ0n) is 12.6. The first-order valence-electron chi connectivity index (χ1n) is 7.09. The van der Waals surface area contributed by atoms with Crippen LogP contribution >= 0.6 is 0 Å². The van der Waals surface area contributed by atoms with E-state index in [1.807, 2.05) is 38.1 Å². The van der Waals surface area contributed by atoms with Gasteiger partial charge in [-0.25, -0.2) is 4.39 Å². The maximum atomic E-state index is 14.0. The normalized spacial score (nSPS) is 10.1. The summed E-state index contributed by atoms with van der Waals surface area (Å²) < 4.78 is 14.0. The van der Waals surface area contributed by atoms with Crippen molar-refractivity contribution in [1.82, 2.24) is 4.90 Å². The molecule has 0 N–H and O–H groups in total. The number of halogens is 1. The van der Waals surface area contributed by atoms with E-state index in [1.165, 1.54) is 6.07 Å². The fourth-order valence-corrected chi connectivity index (χ4v) is 2.24. The molecule has 2 aromatic carbocycles. The maximum Gasteiger partial charge on any atom is 0.254 e. The van der Waals surface area contributed by atoms with Crippen molar-refractivity contribution in [2.75, 3.05) is 6.54 Å². The molecule has 0 fully saturated rings. The van der Waals surface area contributed by atoms with Gasteiger partial charge in [-0.15, -0.1) is 0 Å². The van der Waals surface area contributed by atoms with Gasteiger partial charge in [-0.05, 0) is 38.1 Å². The lowest BCUT2D eigenvalue weighted by Gasteiger charge is -2.21. The van der Waals surface area contributed by atoms with E-state index in [2.05, 4.69) is 0 Å². The number of benzene rings is 2. The van der Waals surface area contributed by atoms with Crippen molar-refractivity contribution in [1.29, 1.82) is 5.26 Å². The van der Waals surface area contributed by atoms with E-state index < -0.39 is 5.82 Å². The second-order valence-corrected chi connectivity index (χ2v) is 5.11. The van der Waals surface area contributed by atoms with Gasteiger partial charge >= 0.3 is 0 Å². The third-order valence-electron chi connectivity index (χ3n) is 3.48. The first-order valence-corrected chi connectivity index (χ1v) is 7.09. The summed E-state index contributed by atoms with van der Waals surface area (Å²) in [5.74, 6) is -0.593. The lowest BCUT2D eigenvalue weighted by Crippen LogP contribution is -2.30. The summed E-state index contributed by atoms with van der Waals surface area (Å²) in [6, 6.07) is 13.5. The molecular formula is C18H17FN2O. The molecule has 0 unspecified atom stereocenters. The number of carbonyl (C=O) groups excluding carboxylic acids is 1. The molecule has 0 saturated carbocycles. The average Bonchev–Trinajstić information content (AvgIpc) is 2.53. The molecule has 22 heavy (non-hydrogen) atoms. The molecule has 0 bridgehead atoms. The van der Waals surface area contributed by atoms with E-state index in [-0.39, 0.29) is 18.0 Å². The van der Waals surface area contributed by atoms with Crippen LogP contribution in [-0.4, -0.2) is 17.4 Å². The minimum Gasteiger partial charge on any atom is -0.334 e. The van der Waals surface area contributed by atoms with Crippen LogP contribution in [0.2, 0.25) is 0 Å². The number of amides is 1. The highest BCUT2D eigenvalue weighted by atomic mass is 19.1. The van der Waals surface area contributed by atoms with Gasteiger partial charge < -0.3 is 4.90 Å². The third-order valence-corrected chi connectivity index (χ3v) is 3.48.